The fourth-order valence-corrected chi connectivity index (χ4v) is 4.59. The molecule has 5 nitrogen and oxygen atoms in total. The van der Waals surface area contributed by atoms with Crippen LogP contribution in [0.4, 0.5) is 13.2 Å². The van der Waals surface area contributed by atoms with Crippen molar-refractivity contribution < 1.29 is 22.6 Å². The highest BCUT2D eigenvalue weighted by Crippen LogP contribution is 2.27. The molecule has 2 aromatic heterocycles. The average molecular weight is 516 g/mol. The van der Waals surface area contributed by atoms with E-state index in [1.54, 1.807) is 24.3 Å². The normalized spacial score (nSPS) is 15.0. The van der Waals surface area contributed by atoms with E-state index in [1.807, 2.05) is 30.3 Å². The lowest BCUT2D eigenvalue weighted by Crippen LogP contribution is -2.31. The number of pyridine rings is 1. The Bertz CT molecular complexity index is 1610. The minimum absolute atomic E-state index is 0.128. The molecule has 1 atom stereocenters. The number of rotatable bonds is 8. The van der Waals surface area contributed by atoms with Gasteiger partial charge in [-0.3, -0.25) is 0 Å². The molecular weight excluding hydrogens is 491 g/mol. The van der Waals surface area contributed by atoms with E-state index in [0.29, 0.717) is 17.7 Å². The van der Waals surface area contributed by atoms with Crippen LogP contribution in [0.5, 0.6) is 5.88 Å². The molecule has 0 radical (unpaired) electrons. The highest BCUT2D eigenvalue weighted by molar-refractivity contribution is 5.76. The second-order valence-corrected chi connectivity index (χ2v) is 9.29. The summed E-state index contributed by atoms with van der Waals surface area (Å²) in [6.45, 7) is 1.37. The van der Waals surface area contributed by atoms with E-state index in [2.05, 4.69) is 9.55 Å². The summed E-state index contributed by atoms with van der Waals surface area (Å²) in [4.78, 5) is 9.19. The van der Waals surface area contributed by atoms with Crippen LogP contribution in [0.1, 0.15) is 23.4 Å². The van der Waals surface area contributed by atoms with Crippen molar-refractivity contribution in [3.63, 3.8) is 0 Å². The summed E-state index contributed by atoms with van der Waals surface area (Å²) in [5.74, 6) is -0.704. The zero-order valence-electron chi connectivity index (χ0n) is 20.4. The standard InChI is InChI=1S/C30H24F3N3O2/c31-21-10-9-20(24(32)16-21)18-38-30-7-3-5-26(35-30)23-11-8-19(14-25(23)33)15-29-34-27-4-1-2-6-28(27)36(29)17-22-12-13-37-22/h1-11,14,16,22H,12-13,15,17-18H2/t22-/m0/s1. The van der Waals surface area contributed by atoms with Crippen LogP contribution in [0.3, 0.4) is 0 Å². The van der Waals surface area contributed by atoms with Gasteiger partial charge >= 0.3 is 0 Å². The molecule has 192 valence electrons. The summed E-state index contributed by atoms with van der Waals surface area (Å²) in [5, 5.41) is 0. The Balaban J connectivity index is 1.21. The predicted molar refractivity (Wildman–Crippen MR) is 137 cm³/mol. The Morgan fingerprint density at radius 1 is 0.895 bits per heavy atom. The van der Waals surface area contributed by atoms with Crippen LogP contribution in [0, 0.1) is 17.5 Å². The summed E-state index contributed by atoms with van der Waals surface area (Å²) >= 11 is 0. The maximum atomic E-state index is 15.3. The number of aromatic nitrogens is 3. The predicted octanol–water partition coefficient (Wildman–Crippen LogP) is 6.47. The molecule has 0 N–H and O–H groups in total. The van der Waals surface area contributed by atoms with Gasteiger partial charge in [-0.1, -0.05) is 24.3 Å². The molecule has 0 unspecified atom stereocenters. The van der Waals surface area contributed by atoms with E-state index >= 15 is 4.39 Å². The third-order valence-corrected chi connectivity index (χ3v) is 6.70. The first kappa shape index (κ1) is 24.2. The van der Waals surface area contributed by atoms with E-state index in [1.165, 1.54) is 18.2 Å². The first-order valence-corrected chi connectivity index (χ1v) is 12.4. The number of nitrogens with zero attached hydrogens (tertiary/aromatic N) is 3. The van der Waals surface area contributed by atoms with Crippen LogP contribution in [0.25, 0.3) is 22.3 Å². The summed E-state index contributed by atoms with van der Waals surface area (Å²) < 4.78 is 55.7. The van der Waals surface area contributed by atoms with Crippen LogP contribution in [-0.2, 0) is 24.3 Å². The third-order valence-electron chi connectivity index (χ3n) is 6.70. The molecule has 3 aromatic carbocycles. The molecule has 5 aromatic rings. The van der Waals surface area contributed by atoms with Crippen molar-refractivity contribution in [1.29, 1.82) is 0 Å². The van der Waals surface area contributed by atoms with Gasteiger partial charge in [-0.05, 0) is 54.4 Å². The highest BCUT2D eigenvalue weighted by atomic mass is 19.1. The number of hydrogen-bond donors (Lipinski definition) is 0. The van der Waals surface area contributed by atoms with Gasteiger partial charge in [-0.2, -0.15) is 0 Å². The number of benzene rings is 3. The van der Waals surface area contributed by atoms with Crippen LogP contribution < -0.4 is 4.74 Å². The molecule has 1 aliphatic heterocycles. The largest absolute Gasteiger partial charge is 0.473 e. The van der Waals surface area contributed by atoms with Gasteiger partial charge in [-0.25, -0.2) is 23.1 Å². The monoisotopic (exact) mass is 515 g/mol. The molecule has 3 heterocycles. The Morgan fingerprint density at radius 3 is 2.55 bits per heavy atom. The van der Waals surface area contributed by atoms with Crippen LogP contribution in [0.15, 0.2) is 78.9 Å². The maximum Gasteiger partial charge on any atom is 0.214 e. The SMILES string of the molecule is Fc1ccc(COc2cccc(-c3ccc(Cc4nc5ccccc5n4C[C@@H]4CCO4)cc3F)n2)c(F)c1. The molecule has 0 spiro atoms. The molecule has 0 saturated carbocycles. The number of ether oxygens (including phenoxy) is 2. The van der Waals surface area contributed by atoms with Crippen molar-refractivity contribution in [3.8, 4) is 17.1 Å². The van der Waals surface area contributed by atoms with E-state index in [9.17, 15) is 8.78 Å². The van der Waals surface area contributed by atoms with E-state index in [4.69, 9.17) is 14.5 Å². The van der Waals surface area contributed by atoms with Crippen molar-refractivity contribution in [2.45, 2.75) is 32.1 Å². The van der Waals surface area contributed by atoms with Crippen LogP contribution in [0.2, 0.25) is 0 Å². The summed E-state index contributed by atoms with van der Waals surface area (Å²) in [6, 6.07) is 21.3. The highest BCUT2D eigenvalue weighted by Gasteiger charge is 2.22. The van der Waals surface area contributed by atoms with Gasteiger partial charge in [0, 0.05) is 36.3 Å². The summed E-state index contributed by atoms with van der Waals surface area (Å²) in [7, 11) is 0. The van der Waals surface area contributed by atoms with E-state index < -0.39 is 17.5 Å². The molecular formula is C30H24F3N3O2. The van der Waals surface area contributed by atoms with Crippen molar-refractivity contribution in [3.05, 3.63) is 113 Å². The minimum Gasteiger partial charge on any atom is -0.473 e. The van der Waals surface area contributed by atoms with Crippen molar-refractivity contribution in [1.82, 2.24) is 14.5 Å². The van der Waals surface area contributed by atoms with Gasteiger partial charge in [0.25, 0.3) is 0 Å². The Hall–Kier alpha value is -4.17. The number of fused-ring (bicyclic) bond motifs is 1. The summed E-state index contributed by atoms with van der Waals surface area (Å²) in [6.07, 6.45) is 1.66. The molecule has 1 saturated heterocycles. The Labute approximate surface area is 217 Å². The summed E-state index contributed by atoms with van der Waals surface area (Å²) in [5.41, 5.74) is 3.64. The van der Waals surface area contributed by atoms with Gasteiger partial charge < -0.3 is 14.0 Å². The van der Waals surface area contributed by atoms with Gasteiger partial charge in [0.15, 0.2) is 0 Å². The quantitative estimate of drug-likeness (QED) is 0.238. The zero-order chi connectivity index (χ0) is 26.1. The number of hydrogen-bond acceptors (Lipinski definition) is 4. The molecule has 0 amide bonds. The lowest BCUT2D eigenvalue weighted by atomic mass is 10.1. The molecule has 1 aliphatic rings. The molecule has 0 bridgehead atoms. The molecule has 8 heteroatoms. The van der Waals surface area contributed by atoms with Crippen LogP contribution >= 0.6 is 0 Å². The second kappa shape index (κ2) is 10.3. The Morgan fingerprint density at radius 2 is 1.76 bits per heavy atom. The number of imidazole rings is 1. The average Bonchev–Trinajstić information content (AvgIpc) is 3.22. The van der Waals surface area contributed by atoms with Gasteiger partial charge in [0.2, 0.25) is 5.88 Å². The fraction of sp³-hybridized carbons (Fsp3) is 0.200. The molecule has 0 aliphatic carbocycles. The smallest absolute Gasteiger partial charge is 0.214 e. The van der Waals surface area contributed by atoms with Gasteiger partial charge in [0.05, 0.1) is 29.4 Å². The zero-order valence-corrected chi connectivity index (χ0v) is 20.4. The second-order valence-electron chi connectivity index (χ2n) is 9.29. The topological polar surface area (TPSA) is 49.2 Å². The first-order valence-electron chi connectivity index (χ1n) is 12.4. The number of para-hydroxylation sites is 2. The molecule has 38 heavy (non-hydrogen) atoms. The van der Waals surface area contributed by atoms with Gasteiger partial charge in [-0.15, -0.1) is 0 Å². The first-order chi connectivity index (χ1) is 18.5. The van der Waals surface area contributed by atoms with Crippen molar-refractivity contribution in [2.75, 3.05) is 6.61 Å². The van der Waals surface area contributed by atoms with E-state index in [0.717, 1.165) is 48.1 Å². The number of halogens is 3. The third kappa shape index (κ3) is 4.99. The Kier molecular flexibility index (Phi) is 6.55. The van der Waals surface area contributed by atoms with Crippen LogP contribution in [-0.4, -0.2) is 27.2 Å². The fourth-order valence-electron chi connectivity index (χ4n) is 4.59. The molecule has 6 rings (SSSR count). The van der Waals surface area contributed by atoms with Gasteiger partial charge in [0.1, 0.15) is 29.9 Å². The van der Waals surface area contributed by atoms with Crippen molar-refractivity contribution in [2.24, 2.45) is 0 Å². The lowest BCUT2D eigenvalue weighted by molar-refractivity contribution is -0.0589. The molecule has 1 fully saturated rings. The maximum absolute atomic E-state index is 15.3. The lowest BCUT2D eigenvalue weighted by Gasteiger charge is -2.27. The van der Waals surface area contributed by atoms with Crippen molar-refractivity contribution >= 4 is 11.0 Å². The minimum atomic E-state index is -0.698. The van der Waals surface area contributed by atoms with E-state index in [-0.39, 0.29) is 24.2 Å².